The van der Waals surface area contributed by atoms with Crippen LogP contribution in [-0.4, -0.2) is 17.8 Å². The maximum atomic E-state index is 13.0. The quantitative estimate of drug-likeness (QED) is 0.458. The number of rotatable bonds is 5. The number of nitrogens with zero attached hydrogens (tertiary/aromatic N) is 1. The van der Waals surface area contributed by atoms with Crippen LogP contribution in [0.15, 0.2) is 72.3 Å². The first-order valence-electron chi connectivity index (χ1n) is 10.3. The highest BCUT2D eigenvalue weighted by Gasteiger charge is 2.36. The van der Waals surface area contributed by atoms with Crippen LogP contribution in [0, 0.1) is 19.7 Å². The van der Waals surface area contributed by atoms with Gasteiger partial charge in [-0.2, -0.15) is 0 Å². The third-order valence-corrected chi connectivity index (χ3v) is 5.08. The molecule has 33 heavy (non-hydrogen) atoms. The second kappa shape index (κ2) is 9.08. The van der Waals surface area contributed by atoms with Crippen molar-refractivity contribution in [3.05, 3.63) is 100 Å². The van der Waals surface area contributed by atoms with Crippen LogP contribution in [0.25, 0.3) is 6.08 Å². The molecule has 4 rings (SSSR count). The highest BCUT2D eigenvalue weighted by atomic mass is 19.1. The first-order chi connectivity index (χ1) is 15.8. The van der Waals surface area contributed by atoms with Gasteiger partial charge < -0.3 is 4.74 Å². The molecule has 0 atom stereocenters. The summed E-state index contributed by atoms with van der Waals surface area (Å²) in [5.74, 6) is -1.17. The van der Waals surface area contributed by atoms with Crippen molar-refractivity contribution in [2.45, 2.75) is 20.5 Å². The van der Waals surface area contributed by atoms with E-state index in [0.717, 1.165) is 21.6 Å². The number of benzene rings is 3. The molecule has 0 unspecified atom stereocenters. The van der Waals surface area contributed by atoms with E-state index in [1.54, 1.807) is 48.5 Å². The highest BCUT2D eigenvalue weighted by Crippen LogP contribution is 2.25. The minimum absolute atomic E-state index is 0.145. The molecule has 7 heteroatoms. The number of aryl methyl sites for hydroxylation is 2. The van der Waals surface area contributed by atoms with Crippen molar-refractivity contribution in [3.8, 4) is 5.75 Å². The van der Waals surface area contributed by atoms with Crippen LogP contribution in [0.1, 0.15) is 22.3 Å². The summed E-state index contributed by atoms with van der Waals surface area (Å²) < 4.78 is 18.7. The summed E-state index contributed by atoms with van der Waals surface area (Å²) in [5, 5.41) is 2.23. The van der Waals surface area contributed by atoms with Crippen molar-refractivity contribution in [1.82, 2.24) is 5.32 Å². The third kappa shape index (κ3) is 4.98. The van der Waals surface area contributed by atoms with Crippen molar-refractivity contribution in [2.24, 2.45) is 0 Å². The smallest absolute Gasteiger partial charge is 0.335 e. The summed E-state index contributed by atoms with van der Waals surface area (Å²) in [4.78, 5) is 38.8. The molecule has 0 bridgehead atoms. The molecular weight excluding hydrogens is 423 g/mol. The van der Waals surface area contributed by atoms with Gasteiger partial charge in [0.05, 0.1) is 5.69 Å². The predicted octanol–water partition coefficient (Wildman–Crippen LogP) is 4.69. The Bertz CT molecular complexity index is 1240. The Balaban J connectivity index is 1.53. The number of hydrogen-bond acceptors (Lipinski definition) is 4. The molecule has 0 aromatic heterocycles. The van der Waals surface area contributed by atoms with Gasteiger partial charge in [0.1, 0.15) is 23.7 Å². The van der Waals surface area contributed by atoms with Gasteiger partial charge in [0.2, 0.25) is 0 Å². The van der Waals surface area contributed by atoms with E-state index in [1.165, 1.54) is 18.2 Å². The number of hydrogen-bond donors (Lipinski definition) is 1. The van der Waals surface area contributed by atoms with Crippen molar-refractivity contribution in [1.29, 1.82) is 0 Å². The van der Waals surface area contributed by atoms with E-state index < -0.39 is 17.8 Å². The Labute approximate surface area is 190 Å². The van der Waals surface area contributed by atoms with Crippen LogP contribution in [0.3, 0.4) is 0 Å². The fourth-order valence-corrected chi connectivity index (χ4v) is 3.55. The van der Waals surface area contributed by atoms with E-state index in [9.17, 15) is 18.8 Å². The summed E-state index contributed by atoms with van der Waals surface area (Å²) in [7, 11) is 0. The molecule has 4 amide bonds. The average Bonchev–Trinajstić information content (AvgIpc) is 2.76. The van der Waals surface area contributed by atoms with Crippen LogP contribution in [-0.2, 0) is 16.2 Å². The van der Waals surface area contributed by atoms with Crippen molar-refractivity contribution in [2.75, 3.05) is 4.90 Å². The molecule has 0 spiro atoms. The fraction of sp³-hybridized carbons (Fsp3) is 0.115. The minimum atomic E-state index is -0.781. The lowest BCUT2D eigenvalue weighted by atomic mass is 10.1. The summed E-state index contributed by atoms with van der Waals surface area (Å²) >= 11 is 0. The Morgan fingerprint density at radius 2 is 1.55 bits per heavy atom. The van der Waals surface area contributed by atoms with Crippen molar-refractivity contribution >= 4 is 29.6 Å². The maximum absolute atomic E-state index is 13.0. The van der Waals surface area contributed by atoms with Gasteiger partial charge in [-0.25, -0.2) is 14.1 Å². The number of carbonyl (C=O) groups excluding carboxylic acids is 3. The number of anilines is 1. The van der Waals surface area contributed by atoms with E-state index in [1.807, 2.05) is 19.9 Å². The number of amides is 4. The normalized spacial score (nSPS) is 15.1. The fourth-order valence-electron chi connectivity index (χ4n) is 3.55. The minimum Gasteiger partial charge on any atom is -0.489 e. The van der Waals surface area contributed by atoms with Crippen LogP contribution < -0.4 is 15.0 Å². The first-order valence-corrected chi connectivity index (χ1v) is 10.3. The molecule has 0 saturated carbocycles. The van der Waals surface area contributed by atoms with Gasteiger partial charge in [-0.15, -0.1) is 0 Å². The van der Waals surface area contributed by atoms with E-state index >= 15 is 0 Å². The molecule has 1 aliphatic rings. The van der Waals surface area contributed by atoms with Gasteiger partial charge in [-0.05, 0) is 78.6 Å². The van der Waals surface area contributed by atoms with Crippen LogP contribution >= 0.6 is 0 Å². The number of halogens is 1. The monoisotopic (exact) mass is 444 g/mol. The molecule has 1 fully saturated rings. The van der Waals surface area contributed by atoms with Gasteiger partial charge in [0.15, 0.2) is 0 Å². The van der Waals surface area contributed by atoms with Gasteiger partial charge in [-0.1, -0.05) is 30.3 Å². The van der Waals surface area contributed by atoms with E-state index in [-0.39, 0.29) is 18.0 Å². The summed E-state index contributed by atoms with van der Waals surface area (Å²) in [6.07, 6.45) is 1.43. The molecule has 6 nitrogen and oxygen atoms in total. The second-order valence-corrected chi connectivity index (χ2v) is 7.79. The molecule has 1 saturated heterocycles. The number of imide groups is 2. The molecule has 1 heterocycles. The lowest BCUT2D eigenvalue weighted by Crippen LogP contribution is -2.54. The number of ether oxygens (including phenoxy) is 1. The van der Waals surface area contributed by atoms with Crippen molar-refractivity contribution in [3.63, 3.8) is 0 Å². The zero-order valence-electron chi connectivity index (χ0n) is 18.1. The Kier molecular flexibility index (Phi) is 6.04. The molecule has 1 aliphatic heterocycles. The maximum Gasteiger partial charge on any atom is 0.335 e. The Morgan fingerprint density at radius 3 is 2.18 bits per heavy atom. The number of urea groups is 1. The average molecular weight is 444 g/mol. The van der Waals surface area contributed by atoms with Gasteiger partial charge >= 0.3 is 6.03 Å². The summed E-state index contributed by atoms with van der Waals surface area (Å²) in [6.45, 7) is 4.00. The molecule has 166 valence electrons. The number of carbonyl (C=O) groups is 3. The van der Waals surface area contributed by atoms with E-state index in [4.69, 9.17) is 4.74 Å². The summed E-state index contributed by atoms with van der Waals surface area (Å²) in [5.41, 5.74) is 3.46. The molecule has 3 aromatic carbocycles. The van der Waals surface area contributed by atoms with E-state index in [0.29, 0.717) is 17.0 Å². The second-order valence-electron chi connectivity index (χ2n) is 7.79. The van der Waals surface area contributed by atoms with Gasteiger partial charge in [0.25, 0.3) is 11.8 Å². The van der Waals surface area contributed by atoms with E-state index in [2.05, 4.69) is 5.32 Å². The first kappa shape index (κ1) is 22.0. The van der Waals surface area contributed by atoms with Gasteiger partial charge in [-0.3, -0.25) is 14.9 Å². The highest BCUT2D eigenvalue weighted by molar-refractivity contribution is 6.39. The topological polar surface area (TPSA) is 75.7 Å². The summed E-state index contributed by atoms with van der Waals surface area (Å²) in [6, 6.07) is 17.4. The number of nitrogens with one attached hydrogen (secondary N) is 1. The predicted molar refractivity (Wildman–Crippen MR) is 122 cm³/mol. The largest absolute Gasteiger partial charge is 0.489 e. The lowest BCUT2D eigenvalue weighted by Gasteiger charge is -2.27. The standard InChI is InChI=1S/C26H21FN2O4/c1-16-11-17(2)13-21(12-16)29-25(31)23(24(30)28-26(29)32)14-18-5-9-22(10-6-18)33-15-19-3-7-20(27)8-4-19/h3-14H,15H2,1-2H3,(H,28,30,32). The third-order valence-electron chi connectivity index (χ3n) is 5.08. The van der Waals surface area contributed by atoms with Gasteiger partial charge in [0, 0.05) is 0 Å². The molecular formula is C26H21FN2O4. The molecule has 1 N–H and O–H groups in total. The van der Waals surface area contributed by atoms with Crippen LogP contribution in [0.2, 0.25) is 0 Å². The molecule has 0 radical (unpaired) electrons. The SMILES string of the molecule is Cc1cc(C)cc(N2C(=O)NC(=O)C(=Cc3ccc(OCc4ccc(F)cc4)cc3)C2=O)c1. The Hall–Kier alpha value is -4.26. The van der Waals surface area contributed by atoms with Crippen LogP contribution in [0.4, 0.5) is 14.9 Å². The molecule has 3 aromatic rings. The number of barbiturate groups is 1. The Morgan fingerprint density at radius 1 is 0.909 bits per heavy atom. The lowest BCUT2D eigenvalue weighted by molar-refractivity contribution is -0.122. The van der Waals surface area contributed by atoms with Crippen molar-refractivity contribution < 1.29 is 23.5 Å². The zero-order chi connectivity index (χ0) is 23.5. The zero-order valence-corrected chi connectivity index (χ0v) is 18.1. The molecule has 0 aliphatic carbocycles. The van der Waals surface area contributed by atoms with Crippen LogP contribution in [0.5, 0.6) is 5.75 Å².